The molecule has 3 aromatic rings. The minimum atomic E-state index is -3.90. The van der Waals surface area contributed by atoms with Crippen LogP contribution < -0.4 is 10.1 Å². The molecule has 0 spiro atoms. The largest absolute Gasteiger partial charge is 0.486 e. The first kappa shape index (κ1) is 25.2. The Bertz CT molecular complexity index is 1280. The predicted octanol–water partition coefficient (Wildman–Crippen LogP) is 5.09. The number of carbonyl (C=O) groups excluding carboxylic acids is 1. The van der Waals surface area contributed by atoms with Crippen molar-refractivity contribution in [3.05, 3.63) is 94.8 Å². The molecule has 0 aromatic heterocycles. The average Bonchev–Trinajstić information content (AvgIpc) is 3.35. The van der Waals surface area contributed by atoms with E-state index in [0.717, 1.165) is 23.3 Å². The number of nitrogens with zero attached hydrogens (tertiary/aromatic N) is 1. The summed E-state index contributed by atoms with van der Waals surface area (Å²) in [6.45, 7) is 2.41. The van der Waals surface area contributed by atoms with Crippen LogP contribution in [0, 0.1) is 5.82 Å². The Morgan fingerprint density at radius 1 is 1.14 bits per heavy atom. The highest BCUT2D eigenvalue weighted by Crippen LogP contribution is 2.27. The Hall–Kier alpha value is -2.94. The Morgan fingerprint density at radius 2 is 1.86 bits per heavy atom. The summed E-state index contributed by atoms with van der Waals surface area (Å²) in [4.78, 5) is 12.9. The maximum atomic E-state index is 13.2. The Balaban J connectivity index is 1.39. The molecule has 0 saturated carbocycles. The van der Waals surface area contributed by atoms with Gasteiger partial charge in [-0.1, -0.05) is 35.9 Å². The maximum Gasteiger partial charge on any atom is 0.243 e. The summed E-state index contributed by atoms with van der Waals surface area (Å²) in [5.74, 6) is -0.233. The third-order valence-corrected chi connectivity index (χ3v) is 8.12. The third-order valence-electron chi connectivity index (χ3n) is 5.94. The number of benzene rings is 3. The molecule has 0 bridgehead atoms. The molecule has 1 aliphatic heterocycles. The van der Waals surface area contributed by atoms with Crippen LogP contribution in [0.2, 0.25) is 5.02 Å². The summed E-state index contributed by atoms with van der Waals surface area (Å²) in [6.07, 6.45) is 0.805. The number of halogens is 2. The van der Waals surface area contributed by atoms with Crippen molar-refractivity contribution in [2.45, 2.75) is 43.4 Å². The van der Waals surface area contributed by atoms with E-state index in [4.69, 9.17) is 16.3 Å². The quantitative estimate of drug-likeness (QED) is 0.452. The summed E-state index contributed by atoms with van der Waals surface area (Å²) >= 11 is 5.95. The number of amides is 1. The highest BCUT2D eigenvalue weighted by molar-refractivity contribution is 7.89. The zero-order chi connectivity index (χ0) is 25.0. The normalized spacial score (nSPS) is 17.2. The maximum absolute atomic E-state index is 13.2. The van der Waals surface area contributed by atoms with Gasteiger partial charge < -0.3 is 10.1 Å². The van der Waals surface area contributed by atoms with Crippen molar-refractivity contribution < 1.29 is 22.3 Å². The number of rotatable bonds is 8. The number of hydrogen-bond acceptors (Lipinski definition) is 4. The Morgan fingerprint density at radius 3 is 2.57 bits per heavy atom. The van der Waals surface area contributed by atoms with Crippen molar-refractivity contribution in [2.24, 2.45) is 0 Å². The number of hydrogen-bond donors (Lipinski definition) is 1. The van der Waals surface area contributed by atoms with Gasteiger partial charge in [0.05, 0.1) is 4.90 Å². The molecule has 2 atom stereocenters. The fourth-order valence-electron chi connectivity index (χ4n) is 4.07. The van der Waals surface area contributed by atoms with Gasteiger partial charge in [-0.25, -0.2) is 12.8 Å². The second-order valence-electron chi connectivity index (χ2n) is 8.40. The molecule has 1 aliphatic rings. The minimum absolute atomic E-state index is 0.0294. The van der Waals surface area contributed by atoms with Crippen molar-refractivity contribution in [1.82, 2.24) is 9.62 Å². The van der Waals surface area contributed by atoms with Gasteiger partial charge >= 0.3 is 0 Å². The van der Waals surface area contributed by atoms with Gasteiger partial charge in [0.25, 0.3) is 0 Å². The molecule has 6 nitrogen and oxygen atoms in total. The SMILES string of the molecule is C[C@@H](Oc1cccc(CNC(=O)[C@@H]2CCCN2S(=O)(=O)c2ccc(F)cc2)c1)c1ccc(Cl)cc1. The van der Waals surface area contributed by atoms with E-state index in [-0.39, 0.29) is 30.0 Å². The topological polar surface area (TPSA) is 75.7 Å². The molecule has 9 heteroatoms. The molecule has 1 heterocycles. The highest BCUT2D eigenvalue weighted by Gasteiger charge is 2.39. The van der Waals surface area contributed by atoms with E-state index in [9.17, 15) is 17.6 Å². The van der Waals surface area contributed by atoms with E-state index in [1.165, 1.54) is 16.4 Å². The van der Waals surface area contributed by atoms with Gasteiger partial charge in [0.1, 0.15) is 23.7 Å². The van der Waals surface area contributed by atoms with Crippen molar-refractivity contribution in [3.63, 3.8) is 0 Å². The molecule has 0 aliphatic carbocycles. The lowest BCUT2D eigenvalue weighted by molar-refractivity contribution is -0.124. The second-order valence-corrected chi connectivity index (χ2v) is 10.7. The van der Waals surface area contributed by atoms with Crippen LogP contribution >= 0.6 is 11.6 Å². The minimum Gasteiger partial charge on any atom is -0.486 e. The first-order valence-corrected chi connectivity index (χ1v) is 13.1. The van der Waals surface area contributed by atoms with Crippen LogP contribution in [0.4, 0.5) is 4.39 Å². The number of nitrogens with one attached hydrogen (secondary N) is 1. The van der Waals surface area contributed by atoms with Crippen molar-refractivity contribution in [2.75, 3.05) is 6.54 Å². The second kappa shape index (κ2) is 10.8. The van der Waals surface area contributed by atoms with Crippen molar-refractivity contribution >= 4 is 27.5 Å². The van der Waals surface area contributed by atoms with Gasteiger partial charge in [0, 0.05) is 18.1 Å². The van der Waals surface area contributed by atoms with Crippen molar-refractivity contribution in [1.29, 1.82) is 0 Å². The van der Waals surface area contributed by atoms with Crippen LogP contribution in [0.3, 0.4) is 0 Å². The molecule has 4 rings (SSSR count). The standard InChI is InChI=1S/C26H26ClFN2O4S/c1-18(20-7-9-21(27)10-8-20)34-23-5-2-4-19(16-23)17-29-26(31)25-6-3-15-30(25)35(32,33)24-13-11-22(28)12-14-24/h2,4-5,7-14,16,18,25H,3,6,15,17H2,1H3,(H,29,31)/t18-,25+/m1/s1. The predicted molar refractivity (Wildman–Crippen MR) is 132 cm³/mol. The van der Waals surface area contributed by atoms with Gasteiger partial charge in [-0.3, -0.25) is 4.79 Å². The molecule has 35 heavy (non-hydrogen) atoms. The lowest BCUT2D eigenvalue weighted by Crippen LogP contribution is -2.45. The number of sulfonamides is 1. The van der Waals surface area contributed by atoms with Gasteiger partial charge in [0.2, 0.25) is 15.9 Å². The zero-order valence-electron chi connectivity index (χ0n) is 19.2. The lowest BCUT2D eigenvalue weighted by atomic mass is 10.1. The van der Waals surface area contributed by atoms with E-state index >= 15 is 0 Å². The molecule has 3 aromatic carbocycles. The summed E-state index contributed by atoms with van der Waals surface area (Å²) in [7, 11) is -3.90. The molecule has 0 radical (unpaired) electrons. The van der Waals surface area contributed by atoms with Crippen LogP contribution in [-0.4, -0.2) is 31.2 Å². The molecule has 0 unspecified atom stereocenters. The summed E-state index contributed by atoms with van der Waals surface area (Å²) in [5, 5.41) is 3.50. The van der Waals surface area contributed by atoms with Gasteiger partial charge in [-0.2, -0.15) is 4.31 Å². The van der Waals surface area contributed by atoms with Crippen LogP contribution in [0.25, 0.3) is 0 Å². The van der Waals surface area contributed by atoms with Crippen LogP contribution in [-0.2, 0) is 21.4 Å². The fourth-order valence-corrected chi connectivity index (χ4v) is 5.86. The number of ether oxygens (including phenoxy) is 1. The van der Waals surface area contributed by atoms with Crippen LogP contribution in [0.15, 0.2) is 77.7 Å². The smallest absolute Gasteiger partial charge is 0.243 e. The highest BCUT2D eigenvalue weighted by atomic mass is 35.5. The van der Waals surface area contributed by atoms with E-state index in [1.807, 2.05) is 55.5 Å². The molecule has 1 amide bonds. The molecule has 1 saturated heterocycles. The van der Waals surface area contributed by atoms with Gasteiger partial charge in [-0.15, -0.1) is 0 Å². The lowest BCUT2D eigenvalue weighted by Gasteiger charge is -2.23. The Labute approximate surface area is 209 Å². The van der Waals surface area contributed by atoms with Gasteiger partial charge in [-0.05, 0) is 79.4 Å². The molecule has 1 N–H and O–H groups in total. The first-order valence-electron chi connectivity index (χ1n) is 11.3. The monoisotopic (exact) mass is 516 g/mol. The molecular weight excluding hydrogens is 491 g/mol. The third kappa shape index (κ3) is 6.01. The summed E-state index contributed by atoms with van der Waals surface area (Å²) in [5.41, 5.74) is 1.81. The van der Waals surface area contributed by atoms with E-state index < -0.39 is 21.9 Å². The Kier molecular flexibility index (Phi) is 7.74. The summed E-state index contributed by atoms with van der Waals surface area (Å²) in [6, 6.07) is 18.6. The summed E-state index contributed by atoms with van der Waals surface area (Å²) < 4.78 is 46.5. The molecule has 1 fully saturated rings. The fraction of sp³-hybridized carbons (Fsp3) is 0.269. The molecular formula is C26H26ClFN2O4S. The zero-order valence-corrected chi connectivity index (χ0v) is 20.7. The molecule has 184 valence electrons. The first-order chi connectivity index (χ1) is 16.7. The van der Waals surface area contributed by atoms with Gasteiger partial charge in [0.15, 0.2) is 0 Å². The van der Waals surface area contributed by atoms with Crippen molar-refractivity contribution in [3.8, 4) is 5.75 Å². The van der Waals surface area contributed by atoms with E-state index in [1.54, 1.807) is 0 Å². The average molecular weight is 517 g/mol. The van der Waals surface area contributed by atoms with E-state index in [0.29, 0.717) is 23.6 Å². The van der Waals surface area contributed by atoms with Crippen LogP contribution in [0.1, 0.15) is 37.0 Å². The van der Waals surface area contributed by atoms with Crippen LogP contribution in [0.5, 0.6) is 5.75 Å². The van der Waals surface area contributed by atoms with E-state index in [2.05, 4.69) is 5.32 Å². The number of carbonyl (C=O) groups is 1.